The number of carboxylic acids is 1. The first-order chi connectivity index (χ1) is 7.24. The zero-order chi connectivity index (χ0) is 10.8. The topological polar surface area (TPSA) is 80.7 Å². The van der Waals surface area contributed by atoms with Gasteiger partial charge in [-0.1, -0.05) is 0 Å². The maximum Gasteiger partial charge on any atom is 0.372 e. The van der Waals surface area contributed by atoms with Crippen molar-refractivity contribution in [3.05, 3.63) is 36.2 Å². The third-order valence-corrected chi connectivity index (χ3v) is 1.95. The van der Waals surface area contributed by atoms with Crippen LogP contribution >= 0.6 is 0 Å². The van der Waals surface area contributed by atoms with Crippen LogP contribution in [0.2, 0.25) is 0 Å². The molecule has 0 saturated carbocycles. The molecule has 5 nitrogen and oxygen atoms in total. The zero-order valence-electron chi connectivity index (χ0n) is 7.47. The summed E-state index contributed by atoms with van der Waals surface area (Å²) in [6, 6.07) is 2.99. The summed E-state index contributed by atoms with van der Waals surface area (Å²) >= 11 is 0. The molecule has 76 valence electrons. The van der Waals surface area contributed by atoms with Crippen molar-refractivity contribution in [1.82, 2.24) is 0 Å². The van der Waals surface area contributed by atoms with Gasteiger partial charge >= 0.3 is 5.97 Å². The third-order valence-electron chi connectivity index (χ3n) is 1.95. The summed E-state index contributed by atoms with van der Waals surface area (Å²) in [6.45, 7) is 0. The highest BCUT2D eigenvalue weighted by atomic mass is 16.4. The molecule has 0 aliphatic carbocycles. The highest BCUT2D eigenvalue weighted by molar-refractivity contribution is 5.96. The molecule has 0 aliphatic rings. The SMILES string of the molecule is O=Cc1occc1-c1ccoc1C(=O)O. The molecular weight excluding hydrogens is 200 g/mol. The molecule has 2 aromatic heterocycles. The molecule has 15 heavy (non-hydrogen) atoms. The van der Waals surface area contributed by atoms with E-state index in [1.54, 1.807) is 0 Å². The van der Waals surface area contributed by atoms with Crippen molar-refractivity contribution in [1.29, 1.82) is 0 Å². The fraction of sp³-hybridized carbons (Fsp3) is 0. The lowest BCUT2D eigenvalue weighted by atomic mass is 10.1. The molecule has 2 aromatic rings. The number of carbonyl (C=O) groups is 2. The number of furan rings is 2. The number of hydrogen-bond acceptors (Lipinski definition) is 4. The Balaban J connectivity index is 2.58. The molecule has 0 amide bonds. The van der Waals surface area contributed by atoms with Crippen LogP contribution in [0.4, 0.5) is 0 Å². The van der Waals surface area contributed by atoms with E-state index in [1.807, 2.05) is 0 Å². The molecule has 2 rings (SSSR count). The molecule has 0 fully saturated rings. The number of rotatable bonds is 3. The summed E-state index contributed by atoms with van der Waals surface area (Å²) in [4.78, 5) is 21.4. The lowest BCUT2D eigenvalue weighted by Gasteiger charge is -1.95. The van der Waals surface area contributed by atoms with Gasteiger partial charge in [-0.2, -0.15) is 0 Å². The second kappa shape index (κ2) is 3.45. The number of aldehydes is 1. The van der Waals surface area contributed by atoms with Gasteiger partial charge in [0, 0.05) is 11.1 Å². The Morgan fingerprint density at radius 2 is 1.87 bits per heavy atom. The van der Waals surface area contributed by atoms with Crippen molar-refractivity contribution in [2.45, 2.75) is 0 Å². The highest BCUT2D eigenvalue weighted by Gasteiger charge is 2.19. The van der Waals surface area contributed by atoms with Gasteiger partial charge in [-0.3, -0.25) is 4.79 Å². The third kappa shape index (κ3) is 1.43. The molecule has 1 N–H and O–H groups in total. The van der Waals surface area contributed by atoms with Gasteiger partial charge in [0.1, 0.15) is 0 Å². The fourth-order valence-electron chi connectivity index (χ4n) is 1.32. The van der Waals surface area contributed by atoms with Crippen molar-refractivity contribution in [2.75, 3.05) is 0 Å². The summed E-state index contributed by atoms with van der Waals surface area (Å²) < 4.78 is 9.66. The maximum absolute atomic E-state index is 10.8. The predicted molar refractivity (Wildman–Crippen MR) is 48.8 cm³/mol. The van der Waals surface area contributed by atoms with E-state index in [9.17, 15) is 9.59 Å². The van der Waals surface area contributed by atoms with E-state index in [1.165, 1.54) is 24.7 Å². The van der Waals surface area contributed by atoms with Gasteiger partial charge < -0.3 is 13.9 Å². The van der Waals surface area contributed by atoms with Crippen molar-refractivity contribution in [2.24, 2.45) is 0 Å². The Morgan fingerprint density at radius 3 is 2.53 bits per heavy atom. The number of aromatic carboxylic acids is 1. The minimum Gasteiger partial charge on any atom is -0.475 e. The van der Waals surface area contributed by atoms with Crippen LogP contribution in [0, 0.1) is 0 Å². The minimum absolute atomic E-state index is 0.0823. The molecule has 0 spiro atoms. The standard InChI is InChI=1S/C10H6O5/c11-5-8-6(1-3-14-8)7-2-4-15-9(7)10(12)13/h1-5H,(H,12,13). The summed E-state index contributed by atoms with van der Waals surface area (Å²) in [5.41, 5.74) is 0.745. The van der Waals surface area contributed by atoms with Crippen LogP contribution < -0.4 is 0 Å². The lowest BCUT2D eigenvalue weighted by molar-refractivity contribution is 0.0663. The first-order valence-electron chi connectivity index (χ1n) is 4.08. The van der Waals surface area contributed by atoms with Gasteiger partial charge in [-0.05, 0) is 12.1 Å². The van der Waals surface area contributed by atoms with Crippen LogP contribution in [-0.2, 0) is 0 Å². The van der Waals surface area contributed by atoms with Gasteiger partial charge in [-0.15, -0.1) is 0 Å². The Hall–Kier alpha value is -2.30. The maximum atomic E-state index is 10.8. The predicted octanol–water partition coefficient (Wildman–Crippen LogP) is 2.05. The fourth-order valence-corrected chi connectivity index (χ4v) is 1.32. The van der Waals surface area contributed by atoms with Crippen molar-refractivity contribution in [3.8, 4) is 11.1 Å². The zero-order valence-corrected chi connectivity index (χ0v) is 7.47. The largest absolute Gasteiger partial charge is 0.475 e. The Labute approximate surface area is 83.9 Å². The lowest BCUT2D eigenvalue weighted by Crippen LogP contribution is -1.96. The molecule has 0 aromatic carbocycles. The van der Waals surface area contributed by atoms with Crippen molar-refractivity contribution in [3.63, 3.8) is 0 Å². The van der Waals surface area contributed by atoms with Gasteiger partial charge in [-0.25, -0.2) is 4.79 Å². The molecule has 0 bridgehead atoms. The second-order valence-corrected chi connectivity index (χ2v) is 2.78. The summed E-state index contributed by atoms with van der Waals surface area (Å²) in [6.07, 6.45) is 3.09. The van der Waals surface area contributed by atoms with Gasteiger partial charge in [0.05, 0.1) is 12.5 Å². The highest BCUT2D eigenvalue weighted by Crippen LogP contribution is 2.28. The van der Waals surface area contributed by atoms with Crippen molar-refractivity contribution < 1.29 is 23.5 Å². The molecule has 0 unspecified atom stereocenters. The molecular formula is C10H6O5. The smallest absolute Gasteiger partial charge is 0.372 e. The molecule has 0 saturated heterocycles. The molecule has 5 heteroatoms. The van der Waals surface area contributed by atoms with E-state index in [4.69, 9.17) is 13.9 Å². The minimum atomic E-state index is -1.19. The molecule has 0 atom stereocenters. The van der Waals surface area contributed by atoms with Gasteiger partial charge in [0.2, 0.25) is 5.76 Å². The van der Waals surface area contributed by atoms with Gasteiger partial charge in [0.25, 0.3) is 0 Å². The van der Waals surface area contributed by atoms with Crippen LogP contribution in [0.3, 0.4) is 0 Å². The molecule has 0 aliphatic heterocycles. The average molecular weight is 206 g/mol. The van der Waals surface area contributed by atoms with E-state index in [-0.39, 0.29) is 11.5 Å². The van der Waals surface area contributed by atoms with Crippen LogP contribution in [0.15, 0.2) is 33.5 Å². The molecule has 0 radical (unpaired) electrons. The quantitative estimate of drug-likeness (QED) is 0.777. The second-order valence-electron chi connectivity index (χ2n) is 2.78. The van der Waals surface area contributed by atoms with Crippen LogP contribution in [0.25, 0.3) is 11.1 Å². The van der Waals surface area contributed by atoms with E-state index in [0.717, 1.165) is 0 Å². The van der Waals surface area contributed by atoms with Crippen LogP contribution in [-0.4, -0.2) is 17.4 Å². The Kier molecular flexibility index (Phi) is 2.13. The van der Waals surface area contributed by atoms with E-state index in [0.29, 0.717) is 17.4 Å². The Morgan fingerprint density at radius 1 is 1.20 bits per heavy atom. The number of carboxylic acid groups (broad SMARTS) is 1. The number of hydrogen-bond donors (Lipinski definition) is 1. The monoisotopic (exact) mass is 206 g/mol. The van der Waals surface area contributed by atoms with E-state index in [2.05, 4.69) is 0 Å². The summed E-state index contributed by atoms with van der Waals surface area (Å²) in [5.74, 6) is -1.31. The van der Waals surface area contributed by atoms with Crippen molar-refractivity contribution >= 4 is 12.3 Å². The average Bonchev–Trinajstić information content (AvgIpc) is 2.85. The summed E-state index contributed by atoms with van der Waals surface area (Å²) in [7, 11) is 0. The molecule has 2 heterocycles. The van der Waals surface area contributed by atoms with E-state index < -0.39 is 5.97 Å². The first kappa shape index (κ1) is 9.26. The number of carbonyl (C=O) groups excluding carboxylic acids is 1. The first-order valence-corrected chi connectivity index (χ1v) is 4.08. The van der Waals surface area contributed by atoms with Crippen LogP contribution in [0.5, 0.6) is 0 Å². The normalized spacial score (nSPS) is 10.1. The van der Waals surface area contributed by atoms with Gasteiger partial charge in [0.15, 0.2) is 12.0 Å². The van der Waals surface area contributed by atoms with E-state index >= 15 is 0 Å². The summed E-state index contributed by atoms with van der Waals surface area (Å²) in [5, 5.41) is 8.80. The Bertz CT molecular complexity index is 505. The van der Waals surface area contributed by atoms with Crippen LogP contribution in [0.1, 0.15) is 21.1 Å².